The van der Waals surface area contributed by atoms with Gasteiger partial charge in [-0.1, -0.05) is 83.3 Å². The van der Waals surface area contributed by atoms with Crippen molar-refractivity contribution in [2.24, 2.45) is 0 Å². The first-order valence-electron chi connectivity index (χ1n) is 12.0. The van der Waals surface area contributed by atoms with E-state index in [1.165, 1.54) is 29.6 Å². The number of nitrogens with one attached hydrogen (secondary N) is 2. The molecule has 38 heavy (non-hydrogen) atoms. The third-order valence-electron chi connectivity index (χ3n) is 5.27. The van der Waals surface area contributed by atoms with Crippen LogP contribution in [-0.2, 0) is 38.4 Å². The van der Waals surface area contributed by atoms with Crippen LogP contribution < -0.4 is 10.6 Å². The van der Waals surface area contributed by atoms with E-state index in [9.17, 15) is 14.4 Å². The summed E-state index contributed by atoms with van der Waals surface area (Å²) in [5, 5.41) is 24.4. The maximum atomic E-state index is 12.7. The topological polar surface area (TPSA) is 136 Å². The summed E-state index contributed by atoms with van der Waals surface area (Å²) >= 11 is 2.65. The Morgan fingerprint density at radius 1 is 0.789 bits per heavy atom. The Labute approximate surface area is 227 Å². The average molecular weight is 551 g/mol. The third kappa shape index (κ3) is 8.25. The molecule has 4 rings (SSSR count). The van der Waals surface area contributed by atoms with Crippen molar-refractivity contribution in [3.05, 3.63) is 81.8 Å². The Morgan fingerprint density at radius 2 is 1.34 bits per heavy atom. The number of carbonyl (C=O) groups is 3. The lowest BCUT2D eigenvalue weighted by atomic mass is 10.1. The number of anilines is 2. The molecular weight excluding hydrogens is 524 g/mol. The summed E-state index contributed by atoms with van der Waals surface area (Å²) < 4.78 is 5.22. The molecule has 2 heterocycles. The number of aryl methyl sites for hydroxylation is 2. The summed E-state index contributed by atoms with van der Waals surface area (Å²) in [5.41, 5.74) is 1.51. The minimum absolute atomic E-state index is 0.124. The van der Waals surface area contributed by atoms with Crippen LogP contribution in [0.3, 0.4) is 0 Å². The fourth-order valence-electron chi connectivity index (χ4n) is 3.55. The Hall–Kier alpha value is -4.03. The Bertz CT molecular complexity index is 1360. The fourth-order valence-corrected chi connectivity index (χ4v) is 5.13. The van der Waals surface area contributed by atoms with E-state index in [0.29, 0.717) is 22.2 Å². The molecule has 0 radical (unpaired) electrons. The SMILES string of the molecule is CC(=O)O[C@H](C(=O)Nc1nnc(CCCCc2nnc(NC(=O)Cc3ccccc3)s2)s1)c1ccccc1. The normalized spacial score (nSPS) is 11.5. The van der Waals surface area contributed by atoms with Gasteiger partial charge in [0.15, 0.2) is 0 Å². The van der Waals surface area contributed by atoms with Crippen LogP contribution >= 0.6 is 22.7 Å². The van der Waals surface area contributed by atoms with Gasteiger partial charge in [-0.15, -0.1) is 20.4 Å². The van der Waals surface area contributed by atoms with Gasteiger partial charge in [0.05, 0.1) is 6.42 Å². The molecule has 0 aliphatic carbocycles. The van der Waals surface area contributed by atoms with Crippen molar-refractivity contribution in [1.29, 1.82) is 0 Å². The fraction of sp³-hybridized carbons (Fsp3) is 0.269. The molecule has 0 aliphatic heterocycles. The molecule has 2 aromatic carbocycles. The second kappa shape index (κ2) is 13.5. The number of rotatable bonds is 12. The van der Waals surface area contributed by atoms with Crippen molar-refractivity contribution in [3.8, 4) is 0 Å². The molecule has 10 nitrogen and oxygen atoms in total. The maximum Gasteiger partial charge on any atom is 0.303 e. The van der Waals surface area contributed by atoms with Crippen LogP contribution in [0.25, 0.3) is 0 Å². The Morgan fingerprint density at radius 3 is 1.92 bits per heavy atom. The van der Waals surface area contributed by atoms with E-state index in [0.717, 1.165) is 34.8 Å². The van der Waals surface area contributed by atoms with Gasteiger partial charge >= 0.3 is 5.97 Å². The molecule has 0 fully saturated rings. The summed E-state index contributed by atoms with van der Waals surface area (Å²) in [6.07, 6.45) is 2.35. The van der Waals surface area contributed by atoms with Gasteiger partial charge in [0.2, 0.25) is 22.3 Å². The van der Waals surface area contributed by atoms with Gasteiger partial charge in [0.1, 0.15) is 10.0 Å². The first kappa shape index (κ1) is 27.0. The number of amides is 2. The van der Waals surface area contributed by atoms with Crippen LogP contribution in [-0.4, -0.2) is 38.2 Å². The number of hydrogen-bond acceptors (Lipinski definition) is 10. The van der Waals surface area contributed by atoms with Crippen molar-refractivity contribution in [2.45, 2.75) is 45.1 Å². The van der Waals surface area contributed by atoms with Crippen LogP contribution in [0.1, 0.15) is 47.0 Å². The van der Waals surface area contributed by atoms with E-state index in [-0.39, 0.29) is 12.3 Å². The number of aromatic nitrogens is 4. The molecule has 0 spiro atoms. The Balaban J connectivity index is 1.20. The van der Waals surface area contributed by atoms with E-state index in [2.05, 4.69) is 31.0 Å². The van der Waals surface area contributed by atoms with Crippen molar-refractivity contribution in [2.75, 3.05) is 10.6 Å². The molecule has 0 saturated heterocycles. The molecule has 0 bridgehead atoms. The number of esters is 1. The molecule has 196 valence electrons. The van der Waals surface area contributed by atoms with Crippen molar-refractivity contribution in [3.63, 3.8) is 0 Å². The lowest BCUT2D eigenvalue weighted by molar-refractivity contribution is -0.152. The summed E-state index contributed by atoms with van der Waals surface area (Å²) in [6, 6.07) is 18.3. The number of carbonyl (C=O) groups excluding carboxylic acids is 3. The van der Waals surface area contributed by atoms with E-state index >= 15 is 0 Å². The summed E-state index contributed by atoms with van der Waals surface area (Å²) in [4.78, 5) is 36.4. The van der Waals surface area contributed by atoms with Gasteiger partial charge < -0.3 is 10.1 Å². The lowest BCUT2D eigenvalue weighted by Crippen LogP contribution is -2.25. The smallest absolute Gasteiger partial charge is 0.303 e. The minimum Gasteiger partial charge on any atom is -0.447 e. The first-order valence-corrected chi connectivity index (χ1v) is 13.6. The quantitative estimate of drug-likeness (QED) is 0.196. The van der Waals surface area contributed by atoms with E-state index in [1.807, 2.05) is 36.4 Å². The highest BCUT2D eigenvalue weighted by Gasteiger charge is 2.25. The second-order valence-corrected chi connectivity index (χ2v) is 10.4. The molecule has 4 aromatic rings. The molecule has 2 amide bonds. The largest absolute Gasteiger partial charge is 0.447 e. The van der Waals surface area contributed by atoms with Crippen molar-refractivity contribution >= 4 is 50.7 Å². The number of hydrogen-bond donors (Lipinski definition) is 2. The highest BCUT2D eigenvalue weighted by atomic mass is 32.1. The van der Waals surface area contributed by atoms with Gasteiger partial charge in [0, 0.05) is 25.3 Å². The Kier molecular flexibility index (Phi) is 9.59. The molecule has 12 heteroatoms. The van der Waals surface area contributed by atoms with Gasteiger partial charge in [-0.25, -0.2) is 0 Å². The van der Waals surface area contributed by atoms with Gasteiger partial charge in [-0.3, -0.25) is 19.7 Å². The molecule has 0 unspecified atom stereocenters. The number of nitrogens with zero attached hydrogens (tertiary/aromatic N) is 4. The van der Waals surface area contributed by atoms with Crippen molar-refractivity contribution < 1.29 is 19.1 Å². The monoisotopic (exact) mass is 550 g/mol. The maximum absolute atomic E-state index is 12.7. The third-order valence-corrected chi connectivity index (χ3v) is 7.07. The van der Waals surface area contributed by atoms with E-state index in [4.69, 9.17) is 4.74 Å². The number of ether oxygens (including phenoxy) is 1. The average Bonchev–Trinajstić information content (AvgIpc) is 3.55. The van der Waals surface area contributed by atoms with E-state index in [1.54, 1.807) is 24.3 Å². The molecule has 2 aromatic heterocycles. The summed E-state index contributed by atoms with van der Waals surface area (Å²) in [5.74, 6) is -1.16. The predicted molar refractivity (Wildman–Crippen MR) is 145 cm³/mol. The van der Waals surface area contributed by atoms with Crippen molar-refractivity contribution in [1.82, 2.24) is 20.4 Å². The first-order chi connectivity index (χ1) is 18.5. The summed E-state index contributed by atoms with van der Waals surface area (Å²) in [7, 11) is 0. The molecule has 1 atom stereocenters. The minimum atomic E-state index is -1.07. The zero-order chi connectivity index (χ0) is 26.7. The summed E-state index contributed by atoms with van der Waals surface area (Å²) in [6.45, 7) is 1.26. The van der Waals surface area contributed by atoms with Crippen LogP contribution in [0.5, 0.6) is 0 Å². The zero-order valence-electron chi connectivity index (χ0n) is 20.6. The number of benzene rings is 2. The van der Waals surface area contributed by atoms with Crippen LogP contribution in [0.15, 0.2) is 60.7 Å². The van der Waals surface area contributed by atoms with Crippen LogP contribution in [0, 0.1) is 0 Å². The highest BCUT2D eigenvalue weighted by Crippen LogP contribution is 2.23. The van der Waals surface area contributed by atoms with Crippen LogP contribution in [0.2, 0.25) is 0 Å². The van der Waals surface area contributed by atoms with Gasteiger partial charge in [-0.2, -0.15) is 0 Å². The van der Waals surface area contributed by atoms with E-state index < -0.39 is 18.0 Å². The molecule has 2 N–H and O–H groups in total. The predicted octanol–water partition coefficient (Wildman–Crippen LogP) is 4.38. The van der Waals surface area contributed by atoms with Crippen LogP contribution in [0.4, 0.5) is 10.3 Å². The van der Waals surface area contributed by atoms with Gasteiger partial charge in [-0.05, 0) is 18.4 Å². The molecular formula is C26H26N6O4S2. The highest BCUT2D eigenvalue weighted by molar-refractivity contribution is 7.15. The zero-order valence-corrected chi connectivity index (χ0v) is 22.3. The second-order valence-electron chi connectivity index (χ2n) is 8.31. The standard InChI is InChI=1S/C26H26N6O4S2/c1-17(33)36-23(19-12-6-3-7-13-19)24(35)28-26-32-30-22(38-26)15-9-8-14-21-29-31-25(37-21)27-20(34)16-18-10-4-2-5-11-18/h2-7,10-13,23H,8-9,14-16H2,1H3,(H,27,31,34)(H,28,32,35)/t23-/m0/s1. The lowest BCUT2D eigenvalue weighted by Gasteiger charge is -2.15. The van der Waals surface area contributed by atoms with Gasteiger partial charge in [0.25, 0.3) is 5.91 Å². The molecule has 0 aliphatic rings. The molecule has 0 saturated carbocycles. The number of unbranched alkanes of at least 4 members (excludes halogenated alkanes) is 1.